The number of methoxy groups -OCH3 is 1. The zero-order chi connectivity index (χ0) is 10.7. The summed E-state index contributed by atoms with van der Waals surface area (Å²) in [6, 6.07) is 3.90. The second-order valence-corrected chi connectivity index (χ2v) is 5.10. The lowest BCUT2D eigenvalue weighted by atomic mass is 10.3. The van der Waals surface area contributed by atoms with Gasteiger partial charge in [0.05, 0.1) is 7.11 Å². The molecule has 0 aromatic carbocycles. The predicted octanol–water partition coefficient (Wildman–Crippen LogP) is 2.40. The Morgan fingerprint density at radius 1 is 1.60 bits per heavy atom. The minimum Gasteiger partial charge on any atom is -0.481 e. The third-order valence-corrected chi connectivity index (χ3v) is 4.22. The molecule has 82 valence electrons. The van der Waals surface area contributed by atoms with Gasteiger partial charge in [-0.2, -0.15) is 11.8 Å². The summed E-state index contributed by atoms with van der Waals surface area (Å²) >= 11 is 1.96. The Labute approximate surface area is 94.6 Å². The van der Waals surface area contributed by atoms with Gasteiger partial charge in [-0.25, -0.2) is 4.98 Å². The average Bonchev–Trinajstić information content (AvgIpc) is 3.07. The Morgan fingerprint density at radius 2 is 2.40 bits per heavy atom. The van der Waals surface area contributed by atoms with Crippen molar-refractivity contribution in [2.45, 2.75) is 17.6 Å². The third kappa shape index (κ3) is 2.56. The standard InChI is InChI=1S/C11H16N2OS/c1-14-10-7-9(3-6-12-10)13-8-11(15-2)4-5-11/h3,6-7H,4-5,8H2,1-2H3,(H,12,13). The van der Waals surface area contributed by atoms with Gasteiger partial charge in [-0.3, -0.25) is 0 Å². The largest absolute Gasteiger partial charge is 0.481 e. The van der Waals surface area contributed by atoms with E-state index in [2.05, 4.69) is 16.6 Å². The van der Waals surface area contributed by atoms with Crippen molar-refractivity contribution in [1.82, 2.24) is 4.98 Å². The molecule has 0 radical (unpaired) electrons. The number of hydrogen-bond donors (Lipinski definition) is 1. The average molecular weight is 224 g/mol. The van der Waals surface area contributed by atoms with E-state index in [9.17, 15) is 0 Å². The smallest absolute Gasteiger partial charge is 0.214 e. The maximum Gasteiger partial charge on any atom is 0.214 e. The van der Waals surface area contributed by atoms with Crippen LogP contribution in [0, 0.1) is 0 Å². The van der Waals surface area contributed by atoms with Crippen molar-refractivity contribution in [3.63, 3.8) is 0 Å². The number of hydrogen-bond acceptors (Lipinski definition) is 4. The number of aromatic nitrogens is 1. The van der Waals surface area contributed by atoms with Crippen LogP contribution in [-0.4, -0.2) is 29.6 Å². The number of rotatable bonds is 5. The van der Waals surface area contributed by atoms with Gasteiger partial charge in [-0.15, -0.1) is 0 Å². The molecule has 0 unspecified atom stereocenters. The first-order valence-electron chi connectivity index (χ1n) is 5.07. The van der Waals surface area contributed by atoms with Gasteiger partial charge in [0.2, 0.25) is 5.88 Å². The Morgan fingerprint density at radius 3 is 3.00 bits per heavy atom. The zero-order valence-electron chi connectivity index (χ0n) is 9.12. The van der Waals surface area contributed by atoms with E-state index in [0.717, 1.165) is 12.2 Å². The zero-order valence-corrected chi connectivity index (χ0v) is 9.93. The molecule has 2 rings (SSSR count). The van der Waals surface area contributed by atoms with Gasteiger partial charge >= 0.3 is 0 Å². The number of nitrogens with one attached hydrogen (secondary N) is 1. The molecule has 1 heterocycles. The number of pyridine rings is 1. The van der Waals surface area contributed by atoms with E-state index in [4.69, 9.17) is 4.74 Å². The molecule has 0 aliphatic heterocycles. The number of thioether (sulfide) groups is 1. The van der Waals surface area contributed by atoms with Crippen molar-refractivity contribution >= 4 is 17.4 Å². The number of anilines is 1. The van der Waals surface area contributed by atoms with Crippen LogP contribution >= 0.6 is 11.8 Å². The first kappa shape index (κ1) is 10.6. The molecule has 15 heavy (non-hydrogen) atoms. The summed E-state index contributed by atoms with van der Waals surface area (Å²) < 4.78 is 5.56. The topological polar surface area (TPSA) is 34.1 Å². The van der Waals surface area contributed by atoms with Crippen molar-refractivity contribution < 1.29 is 4.74 Å². The fraction of sp³-hybridized carbons (Fsp3) is 0.545. The summed E-state index contributed by atoms with van der Waals surface area (Å²) in [6.45, 7) is 1.03. The van der Waals surface area contributed by atoms with Gasteiger partial charge in [0, 0.05) is 29.2 Å². The Kier molecular flexibility index (Phi) is 3.05. The first-order valence-corrected chi connectivity index (χ1v) is 6.29. The summed E-state index contributed by atoms with van der Waals surface area (Å²) in [7, 11) is 1.64. The molecule has 1 aliphatic carbocycles. The van der Waals surface area contributed by atoms with Gasteiger partial charge in [0.25, 0.3) is 0 Å². The number of ether oxygens (including phenoxy) is 1. The summed E-state index contributed by atoms with van der Waals surface area (Å²) in [5, 5.41) is 3.43. The van der Waals surface area contributed by atoms with Crippen molar-refractivity contribution in [1.29, 1.82) is 0 Å². The Bertz CT molecular complexity index is 339. The van der Waals surface area contributed by atoms with E-state index in [1.54, 1.807) is 13.3 Å². The van der Waals surface area contributed by atoms with E-state index in [0.29, 0.717) is 10.6 Å². The fourth-order valence-corrected chi connectivity index (χ4v) is 2.21. The summed E-state index contributed by atoms with van der Waals surface area (Å²) in [5.74, 6) is 0.661. The van der Waals surface area contributed by atoms with Crippen LogP contribution in [-0.2, 0) is 0 Å². The normalized spacial score (nSPS) is 17.2. The van der Waals surface area contributed by atoms with Crippen molar-refractivity contribution in [2.24, 2.45) is 0 Å². The monoisotopic (exact) mass is 224 g/mol. The maximum atomic E-state index is 5.07. The molecule has 1 aromatic rings. The van der Waals surface area contributed by atoms with Crippen LogP contribution in [0.5, 0.6) is 5.88 Å². The molecule has 1 saturated carbocycles. The molecule has 0 amide bonds. The molecule has 1 aliphatic rings. The molecule has 1 fully saturated rings. The molecule has 0 spiro atoms. The lowest BCUT2D eigenvalue weighted by Crippen LogP contribution is -2.17. The van der Waals surface area contributed by atoms with Crippen LogP contribution in [0.3, 0.4) is 0 Å². The quantitative estimate of drug-likeness (QED) is 0.832. The molecular weight excluding hydrogens is 208 g/mol. The second kappa shape index (κ2) is 4.31. The third-order valence-electron chi connectivity index (χ3n) is 2.80. The molecule has 1 N–H and O–H groups in total. The van der Waals surface area contributed by atoms with Crippen LogP contribution in [0.15, 0.2) is 18.3 Å². The van der Waals surface area contributed by atoms with Gasteiger partial charge < -0.3 is 10.1 Å². The highest BCUT2D eigenvalue weighted by molar-refractivity contribution is 8.00. The minimum absolute atomic E-state index is 0.483. The predicted molar refractivity (Wildman–Crippen MR) is 64.8 cm³/mol. The molecule has 3 nitrogen and oxygen atoms in total. The fourth-order valence-electron chi connectivity index (χ4n) is 1.49. The highest BCUT2D eigenvalue weighted by Gasteiger charge is 2.41. The Balaban J connectivity index is 1.93. The summed E-state index contributed by atoms with van der Waals surface area (Å²) in [4.78, 5) is 4.07. The van der Waals surface area contributed by atoms with Crippen LogP contribution in [0.4, 0.5) is 5.69 Å². The van der Waals surface area contributed by atoms with Crippen molar-refractivity contribution in [3.05, 3.63) is 18.3 Å². The second-order valence-electron chi connectivity index (χ2n) is 3.83. The lowest BCUT2D eigenvalue weighted by molar-refractivity contribution is 0.398. The van der Waals surface area contributed by atoms with Gasteiger partial charge in [0.1, 0.15) is 0 Å². The minimum atomic E-state index is 0.483. The van der Waals surface area contributed by atoms with E-state index < -0.39 is 0 Å². The van der Waals surface area contributed by atoms with E-state index >= 15 is 0 Å². The van der Waals surface area contributed by atoms with Crippen LogP contribution in [0.2, 0.25) is 0 Å². The SMILES string of the molecule is COc1cc(NCC2(SC)CC2)ccn1. The van der Waals surface area contributed by atoms with Crippen molar-refractivity contribution in [2.75, 3.05) is 25.2 Å². The van der Waals surface area contributed by atoms with Crippen molar-refractivity contribution in [3.8, 4) is 5.88 Å². The maximum absolute atomic E-state index is 5.07. The van der Waals surface area contributed by atoms with Crippen LogP contribution in [0.1, 0.15) is 12.8 Å². The molecule has 4 heteroatoms. The summed E-state index contributed by atoms with van der Waals surface area (Å²) in [6.07, 6.45) is 6.59. The molecule has 1 aromatic heterocycles. The summed E-state index contributed by atoms with van der Waals surface area (Å²) in [5.41, 5.74) is 1.09. The highest BCUT2D eigenvalue weighted by Crippen LogP contribution is 2.47. The molecule has 0 bridgehead atoms. The van der Waals surface area contributed by atoms with E-state index in [1.807, 2.05) is 23.9 Å². The van der Waals surface area contributed by atoms with Crippen LogP contribution in [0.25, 0.3) is 0 Å². The highest BCUT2D eigenvalue weighted by atomic mass is 32.2. The lowest BCUT2D eigenvalue weighted by Gasteiger charge is -2.14. The number of nitrogens with zero attached hydrogens (tertiary/aromatic N) is 1. The van der Waals surface area contributed by atoms with Gasteiger partial charge in [-0.1, -0.05) is 0 Å². The van der Waals surface area contributed by atoms with E-state index in [1.165, 1.54) is 12.8 Å². The molecular formula is C11H16N2OS. The van der Waals surface area contributed by atoms with E-state index in [-0.39, 0.29) is 0 Å². The first-order chi connectivity index (χ1) is 7.28. The van der Waals surface area contributed by atoms with Gasteiger partial charge in [-0.05, 0) is 25.2 Å². The molecule has 0 saturated heterocycles. The molecule has 0 atom stereocenters. The Hall–Kier alpha value is -0.900. The van der Waals surface area contributed by atoms with Gasteiger partial charge in [0.15, 0.2) is 0 Å². The van der Waals surface area contributed by atoms with Crippen LogP contribution < -0.4 is 10.1 Å².